The fraction of sp³-hybridized carbons (Fsp3) is 0.560. The molecule has 5 rings (SSSR count). The van der Waals surface area contributed by atoms with E-state index in [4.69, 9.17) is 18.9 Å². The van der Waals surface area contributed by atoms with Crippen LogP contribution in [0.2, 0.25) is 0 Å². The van der Waals surface area contributed by atoms with Crippen LogP contribution in [0, 0.1) is 11.8 Å². The minimum absolute atomic E-state index is 0.0513. The summed E-state index contributed by atoms with van der Waals surface area (Å²) in [5, 5.41) is 50.2. The van der Waals surface area contributed by atoms with Crippen molar-refractivity contribution in [3.8, 4) is 11.5 Å². The van der Waals surface area contributed by atoms with Crippen LogP contribution in [-0.4, -0.2) is 93.6 Å². The van der Waals surface area contributed by atoms with Gasteiger partial charge in [-0.2, -0.15) is 0 Å². The molecule has 0 aliphatic carbocycles. The van der Waals surface area contributed by atoms with Crippen molar-refractivity contribution in [2.45, 2.75) is 55.9 Å². The molecule has 36 heavy (non-hydrogen) atoms. The molecule has 9 atom stereocenters. The molecule has 2 saturated heterocycles. The van der Waals surface area contributed by atoms with Crippen molar-refractivity contribution < 1.29 is 49.3 Å². The van der Waals surface area contributed by atoms with E-state index in [1.807, 2.05) is 0 Å². The third kappa shape index (κ3) is 3.96. The van der Waals surface area contributed by atoms with Crippen molar-refractivity contribution in [1.29, 1.82) is 0 Å². The molecule has 0 bridgehead atoms. The lowest BCUT2D eigenvalue weighted by atomic mass is 9.73. The number of aromatic hydroxyl groups is 1. The summed E-state index contributed by atoms with van der Waals surface area (Å²) in [6.07, 6.45) is -4.08. The minimum atomic E-state index is -1.59. The second kappa shape index (κ2) is 9.66. The molecule has 0 spiro atoms. The maximum absolute atomic E-state index is 13.5. The summed E-state index contributed by atoms with van der Waals surface area (Å²) in [4.78, 5) is 15.3. The van der Waals surface area contributed by atoms with E-state index >= 15 is 0 Å². The largest absolute Gasteiger partial charge is 0.504 e. The van der Waals surface area contributed by atoms with Crippen LogP contribution < -0.4 is 4.74 Å². The third-order valence-electron chi connectivity index (χ3n) is 7.68. The highest BCUT2D eigenvalue weighted by Gasteiger charge is 2.50. The molecule has 11 heteroatoms. The normalized spacial score (nSPS) is 37.7. The van der Waals surface area contributed by atoms with Crippen LogP contribution in [-0.2, 0) is 25.4 Å². The van der Waals surface area contributed by atoms with Crippen LogP contribution in [0.1, 0.15) is 23.6 Å². The number of hydrogen-bond acceptors (Lipinski definition) is 10. The average Bonchev–Trinajstić information content (AvgIpc) is 2.88. The van der Waals surface area contributed by atoms with Gasteiger partial charge >= 0.3 is 0 Å². The van der Waals surface area contributed by atoms with Gasteiger partial charge in [0, 0.05) is 18.4 Å². The zero-order valence-corrected chi connectivity index (χ0v) is 19.8. The Hall–Kier alpha value is -2.67. The van der Waals surface area contributed by atoms with Crippen molar-refractivity contribution in [2.75, 3.05) is 20.3 Å². The van der Waals surface area contributed by atoms with Gasteiger partial charge in [0.15, 0.2) is 17.8 Å². The Labute approximate surface area is 207 Å². The summed E-state index contributed by atoms with van der Waals surface area (Å²) in [6, 6.07) is 3.20. The molecular weight excluding hydrogens is 474 g/mol. The first-order valence-electron chi connectivity index (χ1n) is 11.9. The fourth-order valence-electron chi connectivity index (χ4n) is 5.70. The number of fused-ring (bicyclic) bond motifs is 4. The zero-order chi connectivity index (χ0) is 25.7. The molecule has 196 valence electrons. The molecule has 1 aromatic rings. The lowest BCUT2D eigenvalue weighted by molar-refractivity contribution is -0.339. The Balaban J connectivity index is 1.42. The Morgan fingerprint density at radius 2 is 1.97 bits per heavy atom. The van der Waals surface area contributed by atoms with E-state index < -0.39 is 49.5 Å². The number of phenolic OH excluding ortho intramolecular Hbond substituents is 1. The van der Waals surface area contributed by atoms with Crippen molar-refractivity contribution >= 4 is 5.91 Å². The molecular formula is C25H31NO10. The number of aliphatic hydroxyl groups excluding tert-OH is 4. The number of aliphatic hydroxyl groups is 4. The third-order valence-corrected chi connectivity index (χ3v) is 7.68. The predicted molar refractivity (Wildman–Crippen MR) is 122 cm³/mol. The van der Waals surface area contributed by atoms with E-state index in [0.717, 1.165) is 11.1 Å². The van der Waals surface area contributed by atoms with Crippen LogP contribution in [0.15, 0.2) is 36.6 Å². The van der Waals surface area contributed by atoms with Gasteiger partial charge in [0.25, 0.3) is 5.91 Å². The number of amides is 1. The van der Waals surface area contributed by atoms with E-state index in [0.29, 0.717) is 30.7 Å². The van der Waals surface area contributed by atoms with Gasteiger partial charge in [0.05, 0.1) is 31.6 Å². The molecule has 0 aromatic heterocycles. The average molecular weight is 506 g/mol. The summed E-state index contributed by atoms with van der Waals surface area (Å²) in [6.45, 7) is 3.82. The van der Waals surface area contributed by atoms with E-state index in [2.05, 4.69) is 6.58 Å². The summed E-state index contributed by atoms with van der Waals surface area (Å²) in [7, 11) is 1.47. The Morgan fingerprint density at radius 3 is 2.67 bits per heavy atom. The summed E-state index contributed by atoms with van der Waals surface area (Å²) in [5.74, 6) is -0.610. The molecule has 11 nitrogen and oxygen atoms in total. The monoisotopic (exact) mass is 505 g/mol. The Morgan fingerprint density at radius 1 is 1.19 bits per heavy atom. The van der Waals surface area contributed by atoms with Gasteiger partial charge in [0.2, 0.25) is 6.29 Å². The number of carbonyl (C=O) groups excluding carboxylic acids is 1. The van der Waals surface area contributed by atoms with Gasteiger partial charge in [-0.1, -0.05) is 6.08 Å². The van der Waals surface area contributed by atoms with Crippen LogP contribution >= 0.6 is 0 Å². The maximum atomic E-state index is 13.5. The van der Waals surface area contributed by atoms with E-state index in [1.54, 1.807) is 23.1 Å². The Kier molecular flexibility index (Phi) is 6.70. The van der Waals surface area contributed by atoms with E-state index in [9.17, 15) is 30.3 Å². The van der Waals surface area contributed by atoms with E-state index in [-0.39, 0.29) is 23.6 Å². The molecule has 4 aliphatic heterocycles. The molecule has 4 heterocycles. The van der Waals surface area contributed by atoms with Gasteiger partial charge < -0.3 is 49.4 Å². The highest BCUT2D eigenvalue weighted by Crippen LogP contribution is 2.49. The smallest absolute Gasteiger partial charge is 0.253 e. The lowest BCUT2D eigenvalue weighted by Gasteiger charge is -2.48. The Bertz CT molecular complexity index is 1060. The number of benzene rings is 1. The van der Waals surface area contributed by atoms with Crippen LogP contribution in [0.25, 0.3) is 0 Å². The number of nitrogens with zero attached hydrogens (tertiary/aromatic N) is 1. The van der Waals surface area contributed by atoms with Crippen molar-refractivity contribution in [2.24, 2.45) is 11.8 Å². The first kappa shape index (κ1) is 25.0. The maximum Gasteiger partial charge on any atom is 0.253 e. The predicted octanol–water partition coefficient (Wildman–Crippen LogP) is -0.295. The number of ether oxygens (including phenoxy) is 4. The number of hydrogen-bond donors (Lipinski definition) is 5. The van der Waals surface area contributed by atoms with Crippen LogP contribution in [0.5, 0.6) is 11.5 Å². The first-order valence-corrected chi connectivity index (χ1v) is 11.9. The molecule has 0 unspecified atom stereocenters. The van der Waals surface area contributed by atoms with Crippen LogP contribution in [0.3, 0.4) is 0 Å². The molecule has 1 aromatic carbocycles. The molecule has 0 saturated carbocycles. The second-order valence-corrected chi connectivity index (χ2v) is 9.55. The first-order chi connectivity index (χ1) is 17.3. The number of phenols is 1. The van der Waals surface area contributed by atoms with Gasteiger partial charge in [-0.15, -0.1) is 6.58 Å². The molecule has 1 amide bonds. The molecule has 2 fully saturated rings. The molecule has 4 aliphatic rings. The lowest BCUT2D eigenvalue weighted by Crippen LogP contribution is -2.60. The van der Waals surface area contributed by atoms with Gasteiger partial charge in [-0.25, -0.2) is 0 Å². The summed E-state index contributed by atoms with van der Waals surface area (Å²) < 4.78 is 22.4. The second-order valence-electron chi connectivity index (χ2n) is 9.55. The molecule has 5 N–H and O–H groups in total. The number of carbonyl (C=O) groups is 1. The number of piperidine rings is 1. The summed E-state index contributed by atoms with van der Waals surface area (Å²) in [5.41, 5.74) is 2.34. The standard InChI is InChI=1S/C25H31NO10/c1-3-12-14-7-16-13-8-18(33-2)17(28)6-11(13)4-5-26(16)23(32)15(14)10-34-24(12)36-25-22(31)21(30)20(29)19(9-27)35-25/h3,6,8,10,12,14,16,19-22,24-25,27-31H,1,4-5,7,9H2,2H3/t12-,14+,16-,19-,20-,21+,22-,24+,25+/m1/s1. The minimum Gasteiger partial charge on any atom is -0.504 e. The quantitative estimate of drug-likeness (QED) is 0.337. The van der Waals surface area contributed by atoms with Gasteiger partial charge in [0.1, 0.15) is 24.4 Å². The van der Waals surface area contributed by atoms with Gasteiger partial charge in [-0.05, 0) is 36.1 Å². The highest BCUT2D eigenvalue weighted by molar-refractivity contribution is 5.95. The van der Waals surface area contributed by atoms with Crippen molar-refractivity contribution in [3.63, 3.8) is 0 Å². The molecule has 0 radical (unpaired) electrons. The van der Waals surface area contributed by atoms with E-state index in [1.165, 1.54) is 13.4 Å². The van der Waals surface area contributed by atoms with Gasteiger partial charge in [-0.3, -0.25) is 4.79 Å². The number of rotatable bonds is 5. The topological polar surface area (TPSA) is 158 Å². The highest BCUT2D eigenvalue weighted by atomic mass is 16.8. The number of methoxy groups -OCH3 is 1. The SMILES string of the molecule is C=C[C@H]1[C@H](O[C@@H]2O[C@H](CO)[C@@H](O)[C@H](O)[C@H]2O)OC=C2C(=O)N3CCc4cc(O)c(OC)cc4[C@H]3C[C@H]21. The summed E-state index contributed by atoms with van der Waals surface area (Å²) >= 11 is 0. The van der Waals surface area contributed by atoms with Crippen molar-refractivity contribution in [1.82, 2.24) is 4.90 Å². The fourth-order valence-corrected chi connectivity index (χ4v) is 5.70. The van der Waals surface area contributed by atoms with Crippen LogP contribution in [0.4, 0.5) is 0 Å². The zero-order valence-electron chi connectivity index (χ0n) is 19.8. The van der Waals surface area contributed by atoms with Crippen molar-refractivity contribution in [3.05, 3.63) is 47.7 Å².